The number of nitrogens with zero attached hydrogens (tertiary/aromatic N) is 2. The number of hydrogen-bond acceptors (Lipinski definition) is 4. The molecule has 1 atom stereocenters. The highest BCUT2D eigenvalue weighted by Gasteiger charge is 2.31. The zero-order valence-electron chi connectivity index (χ0n) is 11.5. The Bertz CT molecular complexity index is 619. The zero-order chi connectivity index (χ0) is 14.1. The number of rotatable bonds is 2. The zero-order valence-corrected chi connectivity index (χ0v) is 12.4. The van der Waals surface area contributed by atoms with Crippen LogP contribution >= 0.6 is 11.3 Å². The Hall–Kier alpha value is -1.66. The first-order valence-corrected chi connectivity index (χ1v) is 7.48. The quantitative estimate of drug-likeness (QED) is 0.923. The molecule has 1 N–H and O–H groups in total. The van der Waals surface area contributed by atoms with Gasteiger partial charge < -0.3 is 14.6 Å². The molecule has 0 aromatic carbocycles. The molecule has 0 saturated carbocycles. The van der Waals surface area contributed by atoms with Crippen molar-refractivity contribution >= 4 is 17.2 Å². The fourth-order valence-electron chi connectivity index (χ4n) is 2.36. The van der Waals surface area contributed by atoms with E-state index in [2.05, 4.69) is 9.97 Å². The Kier molecular flexibility index (Phi) is 3.58. The van der Waals surface area contributed by atoms with Gasteiger partial charge in [0.2, 0.25) is 0 Å². The molecule has 1 aliphatic heterocycles. The third kappa shape index (κ3) is 2.48. The first kappa shape index (κ1) is 13.3. The van der Waals surface area contributed by atoms with E-state index < -0.39 is 0 Å². The van der Waals surface area contributed by atoms with Crippen molar-refractivity contribution in [2.24, 2.45) is 0 Å². The summed E-state index contributed by atoms with van der Waals surface area (Å²) in [6.07, 6.45) is 1.78. The second kappa shape index (κ2) is 5.38. The molecule has 2 aromatic rings. The SMILES string of the molecule is Cc1csc(C(=O)N2CCOCC2c2ncc(C)[nH]2)c1. The van der Waals surface area contributed by atoms with Crippen molar-refractivity contribution in [2.45, 2.75) is 19.9 Å². The van der Waals surface area contributed by atoms with Crippen molar-refractivity contribution in [1.29, 1.82) is 0 Å². The van der Waals surface area contributed by atoms with Crippen molar-refractivity contribution in [3.05, 3.63) is 39.6 Å². The highest BCUT2D eigenvalue weighted by molar-refractivity contribution is 7.12. The fourth-order valence-corrected chi connectivity index (χ4v) is 3.21. The van der Waals surface area contributed by atoms with Gasteiger partial charge in [-0.1, -0.05) is 0 Å². The fraction of sp³-hybridized carbons (Fsp3) is 0.429. The maximum absolute atomic E-state index is 12.6. The third-order valence-electron chi connectivity index (χ3n) is 3.37. The highest BCUT2D eigenvalue weighted by atomic mass is 32.1. The molecule has 1 fully saturated rings. The van der Waals surface area contributed by atoms with Crippen molar-refractivity contribution in [2.75, 3.05) is 19.8 Å². The van der Waals surface area contributed by atoms with Crippen LogP contribution in [0.4, 0.5) is 0 Å². The molecule has 5 nitrogen and oxygen atoms in total. The van der Waals surface area contributed by atoms with Gasteiger partial charge in [-0.05, 0) is 30.9 Å². The van der Waals surface area contributed by atoms with Crippen molar-refractivity contribution in [3.63, 3.8) is 0 Å². The smallest absolute Gasteiger partial charge is 0.264 e. The molecular formula is C14H17N3O2S. The van der Waals surface area contributed by atoms with Gasteiger partial charge in [0.25, 0.3) is 5.91 Å². The molecule has 0 radical (unpaired) electrons. The van der Waals surface area contributed by atoms with Gasteiger partial charge in [-0.15, -0.1) is 11.3 Å². The second-order valence-electron chi connectivity index (χ2n) is 5.03. The second-order valence-corrected chi connectivity index (χ2v) is 5.94. The Labute approximate surface area is 121 Å². The maximum atomic E-state index is 12.6. The van der Waals surface area contributed by atoms with Crippen LogP contribution < -0.4 is 0 Å². The summed E-state index contributed by atoms with van der Waals surface area (Å²) >= 11 is 1.49. The number of aromatic amines is 1. The van der Waals surface area contributed by atoms with Crippen molar-refractivity contribution < 1.29 is 9.53 Å². The average Bonchev–Trinajstić information content (AvgIpc) is 3.07. The van der Waals surface area contributed by atoms with Crippen LogP contribution in [0, 0.1) is 13.8 Å². The minimum absolute atomic E-state index is 0.0606. The summed E-state index contributed by atoms with van der Waals surface area (Å²) in [6.45, 7) is 5.62. The number of carbonyl (C=O) groups is 1. The molecule has 1 amide bonds. The molecule has 106 valence electrons. The number of aromatic nitrogens is 2. The molecule has 3 heterocycles. The number of hydrogen-bond donors (Lipinski definition) is 1. The Balaban J connectivity index is 1.87. The van der Waals surface area contributed by atoms with Gasteiger partial charge in [0.1, 0.15) is 11.9 Å². The molecule has 20 heavy (non-hydrogen) atoms. The number of thiophene rings is 1. The van der Waals surface area contributed by atoms with Crippen LogP contribution in [0.5, 0.6) is 0 Å². The lowest BCUT2D eigenvalue weighted by molar-refractivity contribution is -0.00475. The van der Waals surface area contributed by atoms with E-state index in [9.17, 15) is 4.79 Å². The number of carbonyl (C=O) groups excluding carboxylic acids is 1. The normalized spacial score (nSPS) is 19.3. The third-order valence-corrected chi connectivity index (χ3v) is 4.40. The summed E-state index contributed by atoms with van der Waals surface area (Å²) in [5.74, 6) is 0.856. The number of H-pyrrole nitrogens is 1. The van der Waals surface area contributed by atoms with Gasteiger partial charge in [0.15, 0.2) is 0 Å². The van der Waals surface area contributed by atoms with E-state index in [1.165, 1.54) is 11.3 Å². The lowest BCUT2D eigenvalue weighted by Crippen LogP contribution is -2.43. The molecular weight excluding hydrogens is 274 g/mol. The maximum Gasteiger partial charge on any atom is 0.264 e. The molecule has 3 rings (SSSR count). The summed E-state index contributed by atoms with van der Waals surface area (Å²) in [4.78, 5) is 22.8. The van der Waals surface area contributed by atoms with E-state index in [1.54, 1.807) is 6.20 Å². The van der Waals surface area contributed by atoms with Gasteiger partial charge in [-0.25, -0.2) is 4.98 Å². The molecule has 1 unspecified atom stereocenters. The Morgan fingerprint density at radius 1 is 1.55 bits per heavy atom. The number of amides is 1. The van der Waals surface area contributed by atoms with E-state index in [-0.39, 0.29) is 11.9 Å². The minimum Gasteiger partial charge on any atom is -0.377 e. The standard InChI is InChI=1S/C14H17N3O2S/c1-9-5-12(20-8-9)14(18)17-3-4-19-7-11(17)13-15-6-10(2)16-13/h5-6,8,11H,3-4,7H2,1-2H3,(H,15,16). The van der Waals surface area contributed by atoms with E-state index in [1.807, 2.05) is 30.2 Å². The van der Waals surface area contributed by atoms with E-state index in [0.717, 1.165) is 22.0 Å². The van der Waals surface area contributed by atoms with Crippen molar-refractivity contribution in [3.8, 4) is 0 Å². The molecule has 1 aliphatic rings. The monoisotopic (exact) mass is 291 g/mol. The first-order valence-electron chi connectivity index (χ1n) is 6.60. The van der Waals surface area contributed by atoms with Crippen LogP contribution in [0.25, 0.3) is 0 Å². The molecule has 0 bridgehead atoms. The van der Waals surface area contributed by atoms with E-state index >= 15 is 0 Å². The summed E-state index contributed by atoms with van der Waals surface area (Å²) in [5, 5.41) is 2.00. The predicted molar refractivity (Wildman–Crippen MR) is 77.0 cm³/mol. The summed E-state index contributed by atoms with van der Waals surface area (Å²) in [5.41, 5.74) is 2.11. The Morgan fingerprint density at radius 3 is 3.05 bits per heavy atom. The summed E-state index contributed by atoms with van der Waals surface area (Å²) in [6, 6.07) is 1.81. The molecule has 2 aromatic heterocycles. The number of imidazole rings is 1. The number of ether oxygens (including phenoxy) is 1. The largest absolute Gasteiger partial charge is 0.377 e. The van der Waals surface area contributed by atoms with Gasteiger partial charge >= 0.3 is 0 Å². The molecule has 1 saturated heterocycles. The molecule has 0 spiro atoms. The lowest BCUT2D eigenvalue weighted by atomic mass is 10.2. The molecule has 6 heteroatoms. The predicted octanol–water partition coefficient (Wildman–Crippen LogP) is 2.30. The van der Waals surface area contributed by atoms with Crippen LogP contribution in [0.1, 0.15) is 32.8 Å². The van der Waals surface area contributed by atoms with Crippen LogP contribution in [0.2, 0.25) is 0 Å². The van der Waals surface area contributed by atoms with Crippen LogP contribution in [-0.2, 0) is 4.74 Å². The van der Waals surface area contributed by atoms with E-state index in [0.29, 0.717) is 19.8 Å². The topological polar surface area (TPSA) is 58.2 Å². The van der Waals surface area contributed by atoms with Gasteiger partial charge in [0.05, 0.1) is 18.1 Å². The minimum atomic E-state index is -0.132. The van der Waals surface area contributed by atoms with Crippen molar-refractivity contribution in [1.82, 2.24) is 14.9 Å². The summed E-state index contributed by atoms with van der Waals surface area (Å²) < 4.78 is 5.52. The van der Waals surface area contributed by atoms with E-state index in [4.69, 9.17) is 4.74 Å². The number of nitrogens with one attached hydrogen (secondary N) is 1. The highest BCUT2D eigenvalue weighted by Crippen LogP contribution is 2.26. The van der Waals surface area contributed by atoms with Crippen LogP contribution in [-0.4, -0.2) is 40.5 Å². The average molecular weight is 291 g/mol. The lowest BCUT2D eigenvalue weighted by Gasteiger charge is -2.34. The van der Waals surface area contributed by atoms with Crippen LogP contribution in [0.15, 0.2) is 17.6 Å². The molecule has 0 aliphatic carbocycles. The van der Waals surface area contributed by atoms with Gasteiger partial charge in [0, 0.05) is 18.4 Å². The van der Waals surface area contributed by atoms with Gasteiger partial charge in [-0.2, -0.15) is 0 Å². The number of morpholine rings is 1. The Morgan fingerprint density at radius 2 is 2.40 bits per heavy atom. The number of aryl methyl sites for hydroxylation is 2. The summed E-state index contributed by atoms with van der Waals surface area (Å²) in [7, 11) is 0. The van der Waals surface area contributed by atoms with Gasteiger partial charge in [-0.3, -0.25) is 4.79 Å². The van der Waals surface area contributed by atoms with Crippen LogP contribution in [0.3, 0.4) is 0 Å². The first-order chi connectivity index (χ1) is 9.65.